The predicted molar refractivity (Wildman–Crippen MR) is 93.2 cm³/mol. The number of hydrogen-bond acceptors (Lipinski definition) is 5. The molecule has 6 N–H and O–H groups in total. The van der Waals surface area contributed by atoms with Crippen molar-refractivity contribution in [2.24, 2.45) is 0 Å². The Kier molecular flexibility index (Phi) is 3.94. The fourth-order valence-electron chi connectivity index (χ4n) is 2.12. The Bertz CT molecular complexity index is 930. The molecule has 0 unspecified atom stereocenters. The highest BCUT2D eigenvalue weighted by molar-refractivity contribution is 7.80. The number of fused-ring (bicyclic) bond motifs is 1. The molecule has 0 saturated carbocycles. The first-order valence-corrected chi connectivity index (χ1v) is 7.27. The van der Waals surface area contributed by atoms with Gasteiger partial charge in [0.15, 0.2) is 5.11 Å². The van der Waals surface area contributed by atoms with E-state index in [-0.39, 0.29) is 5.69 Å². The van der Waals surface area contributed by atoms with Gasteiger partial charge in [0, 0.05) is 5.69 Å². The second kappa shape index (κ2) is 6.05. The number of nitrogen functional groups attached to an aromatic ring is 1. The van der Waals surface area contributed by atoms with Gasteiger partial charge in [-0.1, -0.05) is 0 Å². The predicted octanol–water partition coefficient (Wildman–Crippen LogP) is 1.02. The molecule has 0 bridgehead atoms. The quantitative estimate of drug-likeness (QED) is 0.454. The molecular weight excluding hydrogens is 314 g/mol. The SMILES string of the molecule is Cc1cnc(N)c(CNC(=S)Nc2ccc3[nH]c(=O)[nH]c3c2)n1. The summed E-state index contributed by atoms with van der Waals surface area (Å²) in [6.07, 6.45) is 1.61. The van der Waals surface area contributed by atoms with Crippen LogP contribution in [0.4, 0.5) is 11.5 Å². The van der Waals surface area contributed by atoms with E-state index in [2.05, 4.69) is 30.6 Å². The third kappa shape index (κ3) is 3.46. The summed E-state index contributed by atoms with van der Waals surface area (Å²) in [5.41, 5.74) is 9.16. The number of anilines is 2. The topological polar surface area (TPSA) is 125 Å². The van der Waals surface area contributed by atoms with Crippen molar-refractivity contribution in [1.82, 2.24) is 25.3 Å². The Balaban J connectivity index is 1.66. The lowest BCUT2D eigenvalue weighted by Gasteiger charge is -2.11. The molecular formula is C14H15N7OS. The van der Waals surface area contributed by atoms with Crippen LogP contribution in [0.15, 0.2) is 29.2 Å². The number of thiocarbonyl (C=S) groups is 1. The standard InChI is InChI=1S/C14H15N7OS/c1-7-5-16-12(15)11(18-7)6-17-14(23)19-8-2-3-9-10(4-8)21-13(22)20-9/h2-5H,6H2,1H3,(H2,15,16)(H2,17,19,23)(H2,20,21,22). The van der Waals surface area contributed by atoms with E-state index in [4.69, 9.17) is 18.0 Å². The van der Waals surface area contributed by atoms with E-state index >= 15 is 0 Å². The van der Waals surface area contributed by atoms with Crippen molar-refractivity contribution in [3.63, 3.8) is 0 Å². The third-order valence-corrected chi connectivity index (χ3v) is 3.43. The van der Waals surface area contributed by atoms with Gasteiger partial charge in [0.1, 0.15) is 11.5 Å². The van der Waals surface area contributed by atoms with Crippen LogP contribution in [0.25, 0.3) is 11.0 Å². The lowest BCUT2D eigenvalue weighted by atomic mass is 10.3. The molecule has 9 heteroatoms. The first kappa shape index (κ1) is 15.0. The summed E-state index contributed by atoms with van der Waals surface area (Å²) in [5.74, 6) is 0.372. The molecule has 0 saturated heterocycles. The van der Waals surface area contributed by atoms with Gasteiger partial charge in [-0.25, -0.2) is 9.78 Å². The molecule has 0 aliphatic carbocycles. The highest BCUT2D eigenvalue weighted by Gasteiger charge is 2.05. The Morgan fingerprint density at radius 2 is 2.13 bits per heavy atom. The molecule has 0 aliphatic heterocycles. The molecule has 0 spiro atoms. The fourth-order valence-corrected chi connectivity index (χ4v) is 2.31. The van der Waals surface area contributed by atoms with Gasteiger partial charge in [0.2, 0.25) is 0 Å². The highest BCUT2D eigenvalue weighted by atomic mass is 32.1. The second-order valence-electron chi connectivity index (χ2n) is 4.99. The number of H-pyrrole nitrogens is 2. The van der Waals surface area contributed by atoms with E-state index in [1.165, 1.54) is 0 Å². The van der Waals surface area contributed by atoms with E-state index in [0.717, 1.165) is 16.9 Å². The zero-order chi connectivity index (χ0) is 16.4. The van der Waals surface area contributed by atoms with Gasteiger partial charge in [-0.05, 0) is 37.3 Å². The van der Waals surface area contributed by atoms with Crippen molar-refractivity contribution in [1.29, 1.82) is 0 Å². The van der Waals surface area contributed by atoms with Crippen LogP contribution in [0.5, 0.6) is 0 Å². The Labute approximate surface area is 136 Å². The monoisotopic (exact) mass is 329 g/mol. The molecule has 0 amide bonds. The molecule has 1 aromatic carbocycles. The van der Waals surface area contributed by atoms with Crippen molar-refractivity contribution in [3.05, 3.63) is 46.3 Å². The van der Waals surface area contributed by atoms with Crippen molar-refractivity contribution < 1.29 is 0 Å². The molecule has 0 fully saturated rings. The van der Waals surface area contributed by atoms with Crippen molar-refractivity contribution in [3.8, 4) is 0 Å². The first-order chi connectivity index (χ1) is 11.0. The Morgan fingerprint density at radius 1 is 1.35 bits per heavy atom. The lowest BCUT2D eigenvalue weighted by Crippen LogP contribution is -2.28. The number of nitrogens with one attached hydrogen (secondary N) is 4. The Morgan fingerprint density at radius 3 is 2.96 bits per heavy atom. The largest absolute Gasteiger partial charge is 0.382 e. The summed E-state index contributed by atoms with van der Waals surface area (Å²) >= 11 is 5.25. The molecule has 3 aromatic rings. The van der Waals surface area contributed by atoms with E-state index in [1.54, 1.807) is 18.3 Å². The number of hydrogen-bond donors (Lipinski definition) is 5. The van der Waals surface area contributed by atoms with Gasteiger partial charge in [-0.3, -0.25) is 4.98 Å². The number of aromatic amines is 2. The molecule has 8 nitrogen and oxygen atoms in total. The minimum Gasteiger partial charge on any atom is -0.382 e. The normalized spacial score (nSPS) is 10.7. The van der Waals surface area contributed by atoms with Gasteiger partial charge >= 0.3 is 5.69 Å². The number of rotatable bonds is 3. The minimum atomic E-state index is -0.244. The zero-order valence-corrected chi connectivity index (χ0v) is 13.1. The maximum Gasteiger partial charge on any atom is 0.323 e. The highest BCUT2D eigenvalue weighted by Crippen LogP contribution is 2.14. The molecule has 118 valence electrons. The average molecular weight is 329 g/mol. The number of nitrogens with two attached hydrogens (primary N) is 1. The molecule has 23 heavy (non-hydrogen) atoms. The van der Waals surface area contributed by atoms with Crippen molar-refractivity contribution in [2.45, 2.75) is 13.5 Å². The van der Waals surface area contributed by atoms with Gasteiger partial charge in [-0.15, -0.1) is 0 Å². The number of benzene rings is 1. The van der Waals surface area contributed by atoms with Crippen LogP contribution in [-0.2, 0) is 6.54 Å². The van der Waals surface area contributed by atoms with Gasteiger partial charge in [0.25, 0.3) is 0 Å². The molecule has 0 radical (unpaired) electrons. The Hall–Kier alpha value is -2.94. The first-order valence-electron chi connectivity index (χ1n) is 6.86. The number of aromatic nitrogens is 4. The second-order valence-corrected chi connectivity index (χ2v) is 5.40. The van der Waals surface area contributed by atoms with Crippen molar-refractivity contribution >= 4 is 39.9 Å². The van der Waals surface area contributed by atoms with Crippen LogP contribution in [0.3, 0.4) is 0 Å². The molecule has 2 heterocycles. The minimum absolute atomic E-state index is 0.244. The summed E-state index contributed by atoms with van der Waals surface area (Å²) in [4.78, 5) is 25.0. The van der Waals surface area contributed by atoms with E-state index in [0.29, 0.717) is 28.7 Å². The van der Waals surface area contributed by atoms with E-state index in [9.17, 15) is 4.79 Å². The van der Waals surface area contributed by atoms with Gasteiger partial charge in [0.05, 0.1) is 29.5 Å². The summed E-state index contributed by atoms with van der Waals surface area (Å²) in [6.45, 7) is 2.22. The summed E-state index contributed by atoms with van der Waals surface area (Å²) in [7, 11) is 0. The van der Waals surface area contributed by atoms with Crippen LogP contribution >= 0.6 is 12.2 Å². The summed E-state index contributed by atoms with van der Waals surface area (Å²) < 4.78 is 0. The van der Waals surface area contributed by atoms with E-state index in [1.807, 2.05) is 13.0 Å². The zero-order valence-electron chi connectivity index (χ0n) is 12.3. The number of nitrogens with zero attached hydrogens (tertiary/aromatic N) is 2. The molecule has 0 aliphatic rings. The number of imidazole rings is 1. The maximum absolute atomic E-state index is 11.2. The summed E-state index contributed by atoms with van der Waals surface area (Å²) in [5, 5.41) is 6.49. The van der Waals surface area contributed by atoms with E-state index < -0.39 is 0 Å². The lowest BCUT2D eigenvalue weighted by molar-refractivity contribution is 0.864. The molecule has 3 rings (SSSR count). The molecule has 2 aromatic heterocycles. The van der Waals surface area contributed by atoms with Gasteiger partial charge in [-0.2, -0.15) is 0 Å². The van der Waals surface area contributed by atoms with Gasteiger partial charge < -0.3 is 26.3 Å². The fraction of sp³-hybridized carbons (Fsp3) is 0.143. The summed E-state index contributed by atoms with van der Waals surface area (Å²) in [6, 6.07) is 5.41. The van der Waals surface area contributed by atoms with Crippen LogP contribution < -0.4 is 22.1 Å². The third-order valence-electron chi connectivity index (χ3n) is 3.19. The molecule has 0 atom stereocenters. The van der Waals surface area contributed by atoms with Crippen molar-refractivity contribution in [2.75, 3.05) is 11.1 Å². The average Bonchev–Trinajstić information content (AvgIpc) is 2.87. The van der Waals surface area contributed by atoms with Crippen LogP contribution in [0.2, 0.25) is 0 Å². The van der Waals surface area contributed by atoms with Crippen LogP contribution in [0, 0.1) is 6.92 Å². The maximum atomic E-state index is 11.2. The van der Waals surface area contributed by atoms with Crippen LogP contribution in [0.1, 0.15) is 11.4 Å². The van der Waals surface area contributed by atoms with Crippen LogP contribution in [-0.4, -0.2) is 25.0 Å². The smallest absolute Gasteiger partial charge is 0.323 e. The number of aryl methyl sites for hydroxylation is 1.